The summed E-state index contributed by atoms with van der Waals surface area (Å²) in [4.78, 5) is 32.1. The van der Waals surface area contributed by atoms with Gasteiger partial charge in [0.25, 0.3) is 0 Å². The molecule has 0 unspecified atom stereocenters. The van der Waals surface area contributed by atoms with E-state index in [-0.39, 0.29) is 11.6 Å². The SMILES string of the molecule is CC(C)[Si](C#Cc1cc(N2C(=O)NCC23CCCC3)nc2nc(Nc3ccc(N4CCOCC4)cc3)ncc12)(C(C)C)C(C)C. The molecule has 4 heterocycles. The van der Waals surface area contributed by atoms with Crippen LogP contribution in [0.5, 0.6) is 0 Å². The molecule has 2 N–H and O–H groups in total. The Morgan fingerprint density at radius 3 is 2.29 bits per heavy atom. The normalized spacial score (nSPS) is 18.3. The number of fused-ring (bicyclic) bond motifs is 1. The van der Waals surface area contributed by atoms with Crippen molar-refractivity contribution in [3.05, 3.63) is 42.1 Å². The molecule has 3 aliphatic rings. The second-order valence-corrected chi connectivity index (χ2v) is 19.4. The van der Waals surface area contributed by atoms with Crippen molar-refractivity contribution < 1.29 is 9.53 Å². The third-order valence-corrected chi connectivity index (χ3v) is 16.6. The summed E-state index contributed by atoms with van der Waals surface area (Å²) in [5.74, 6) is 4.72. The standard InChI is InChI=1S/C35H47N7O2Si/c1-24(2)45(25(3)4,26(5)6)20-13-27-21-31(42-34(43)37-23-35(42)14-7-8-15-35)39-32-30(27)22-36-33(40-32)38-28-9-11-29(12-10-28)41-16-18-44-19-17-41/h9-12,21-22,24-26H,7-8,14-19,23H2,1-6H3,(H,37,43)(H,36,38,39,40). The van der Waals surface area contributed by atoms with E-state index in [4.69, 9.17) is 19.7 Å². The lowest BCUT2D eigenvalue weighted by Gasteiger charge is -2.38. The predicted octanol–water partition coefficient (Wildman–Crippen LogP) is 7.02. The molecule has 3 aromatic rings. The molecule has 0 radical (unpaired) electrons. The van der Waals surface area contributed by atoms with Crippen molar-refractivity contribution >= 4 is 48.3 Å². The number of nitrogens with one attached hydrogen (secondary N) is 2. The summed E-state index contributed by atoms with van der Waals surface area (Å²) in [6.45, 7) is 17.9. The topological polar surface area (TPSA) is 95.5 Å². The summed E-state index contributed by atoms with van der Waals surface area (Å²) in [5.41, 5.74) is 8.59. The van der Waals surface area contributed by atoms with Gasteiger partial charge in [-0.3, -0.25) is 4.90 Å². The van der Waals surface area contributed by atoms with E-state index in [1.807, 2.05) is 29.3 Å². The first-order valence-corrected chi connectivity index (χ1v) is 18.8. The predicted molar refractivity (Wildman–Crippen MR) is 185 cm³/mol. The average molecular weight is 626 g/mol. The van der Waals surface area contributed by atoms with E-state index in [1.54, 1.807) is 0 Å². The monoisotopic (exact) mass is 625 g/mol. The Morgan fingerprint density at radius 1 is 0.978 bits per heavy atom. The average Bonchev–Trinajstić information content (AvgIpc) is 3.63. The van der Waals surface area contributed by atoms with Crippen molar-refractivity contribution in [3.63, 3.8) is 0 Å². The number of carbonyl (C=O) groups excluding carboxylic acids is 1. The Bertz CT molecular complexity index is 1580. The summed E-state index contributed by atoms with van der Waals surface area (Å²) in [5, 5.41) is 7.27. The number of anilines is 4. The highest BCUT2D eigenvalue weighted by molar-refractivity contribution is 6.90. The number of benzene rings is 1. The molecule has 1 spiro atoms. The number of pyridine rings is 1. The molecule has 2 saturated heterocycles. The van der Waals surface area contributed by atoms with Crippen LogP contribution in [-0.2, 0) is 4.74 Å². The molecule has 1 aliphatic carbocycles. The molecule has 10 heteroatoms. The first kappa shape index (κ1) is 31.3. The Kier molecular flexibility index (Phi) is 8.77. The first-order chi connectivity index (χ1) is 21.6. The van der Waals surface area contributed by atoms with Crippen molar-refractivity contribution in [2.75, 3.05) is 48.0 Å². The third kappa shape index (κ3) is 5.88. The lowest BCUT2D eigenvalue weighted by molar-refractivity contribution is 0.122. The van der Waals surface area contributed by atoms with Crippen molar-refractivity contribution in [1.29, 1.82) is 0 Å². The highest BCUT2D eigenvalue weighted by Gasteiger charge is 2.48. The van der Waals surface area contributed by atoms with Crippen LogP contribution < -0.4 is 20.4 Å². The van der Waals surface area contributed by atoms with Crippen LogP contribution in [0.2, 0.25) is 16.6 Å². The number of hydrogen-bond acceptors (Lipinski definition) is 7. The van der Waals surface area contributed by atoms with Crippen LogP contribution in [0.25, 0.3) is 11.0 Å². The fourth-order valence-corrected chi connectivity index (χ4v) is 13.2. The number of morpholine rings is 1. The largest absolute Gasteiger partial charge is 0.378 e. The Morgan fingerprint density at radius 2 is 1.64 bits per heavy atom. The Hall–Kier alpha value is -3.68. The third-order valence-electron chi connectivity index (χ3n) is 10.3. The van der Waals surface area contributed by atoms with Gasteiger partial charge in [0, 0.05) is 42.8 Å². The molecule has 238 valence electrons. The van der Waals surface area contributed by atoms with E-state index in [1.165, 1.54) is 5.69 Å². The molecule has 3 fully saturated rings. The van der Waals surface area contributed by atoms with Crippen LogP contribution in [0.4, 0.5) is 27.9 Å². The van der Waals surface area contributed by atoms with E-state index in [0.29, 0.717) is 40.6 Å². The zero-order valence-corrected chi connectivity index (χ0v) is 28.6. The van der Waals surface area contributed by atoms with Crippen molar-refractivity contribution in [3.8, 4) is 11.5 Å². The minimum atomic E-state index is -2.01. The van der Waals surface area contributed by atoms with E-state index in [0.717, 1.165) is 68.6 Å². The fourth-order valence-electron chi connectivity index (χ4n) is 7.98. The lowest BCUT2D eigenvalue weighted by atomic mass is 9.97. The molecule has 6 rings (SSSR count). The summed E-state index contributed by atoms with van der Waals surface area (Å²) >= 11 is 0. The van der Waals surface area contributed by atoms with Gasteiger partial charge in [-0.25, -0.2) is 14.8 Å². The van der Waals surface area contributed by atoms with E-state index in [9.17, 15) is 4.79 Å². The maximum Gasteiger partial charge on any atom is 0.323 e. The molecular weight excluding hydrogens is 579 g/mol. The smallest absolute Gasteiger partial charge is 0.323 e. The second kappa shape index (κ2) is 12.6. The number of carbonyl (C=O) groups is 1. The Balaban J connectivity index is 1.41. The molecular formula is C35H47N7O2Si. The number of ether oxygens (including phenoxy) is 1. The molecule has 9 nitrogen and oxygen atoms in total. The zero-order valence-electron chi connectivity index (χ0n) is 27.6. The molecule has 1 saturated carbocycles. The van der Waals surface area contributed by atoms with Crippen LogP contribution in [0, 0.1) is 11.5 Å². The highest BCUT2D eigenvalue weighted by Crippen LogP contribution is 2.42. The molecule has 2 aromatic heterocycles. The number of aromatic nitrogens is 3. The van der Waals surface area contributed by atoms with Crippen molar-refractivity contribution in [2.24, 2.45) is 0 Å². The Labute approximate surface area is 268 Å². The zero-order chi connectivity index (χ0) is 31.8. The van der Waals surface area contributed by atoms with E-state index >= 15 is 0 Å². The van der Waals surface area contributed by atoms with Gasteiger partial charge in [-0.1, -0.05) is 60.3 Å². The van der Waals surface area contributed by atoms with Crippen molar-refractivity contribution in [1.82, 2.24) is 20.3 Å². The molecule has 2 aliphatic heterocycles. The number of rotatable bonds is 7. The van der Waals surface area contributed by atoms with Gasteiger partial charge in [0.1, 0.15) is 13.9 Å². The molecule has 2 amide bonds. The van der Waals surface area contributed by atoms with Crippen LogP contribution in [0.15, 0.2) is 36.5 Å². The minimum absolute atomic E-state index is 0.0920. The number of urea groups is 1. The van der Waals surface area contributed by atoms with E-state index < -0.39 is 8.07 Å². The quantitative estimate of drug-likeness (QED) is 0.215. The van der Waals surface area contributed by atoms with E-state index in [2.05, 4.69) is 80.7 Å². The maximum absolute atomic E-state index is 13.3. The van der Waals surface area contributed by atoms with Gasteiger partial charge in [-0.2, -0.15) is 4.98 Å². The number of amides is 2. The highest BCUT2D eigenvalue weighted by atomic mass is 28.3. The van der Waals surface area contributed by atoms with Gasteiger partial charge >= 0.3 is 6.03 Å². The fraction of sp³-hybridized carbons (Fsp3) is 0.543. The van der Waals surface area contributed by atoms with Crippen LogP contribution in [0.1, 0.15) is 72.8 Å². The summed E-state index contributed by atoms with van der Waals surface area (Å²) < 4.78 is 5.50. The lowest BCUT2D eigenvalue weighted by Crippen LogP contribution is -2.45. The van der Waals surface area contributed by atoms with Gasteiger partial charge in [0.15, 0.2) is 5.65 Å². The van der Waals surface area contributed by atoms with Gasteiger partial charge in [0.2, 0.25) is 5.95 Å². The summed E-state index contributed by atoms with van der Waals surface area (Å²) in [6, 6.07) is 10.2. The van der Waals surface area contributed by atoms with Crippen LogP contribution in [0.3, 0.4) is 0 Å². The molecule has 1 aromatic carbocycles. The van der Waals surface area contributed by atoms with Crippen molar-refractivity contribution in [2.45, 2.75) is 89.4 Å². The molecule has 0 bridgehead atoms. The summed E-state index contributed by atoms with van der Waals surface area (Å²) in [7, 11) is -2.01. The molecule has 0 atom stereocenters. The number of hydrogen-bond donors (Lipinski definition) is 2. The molecule has 45 heavy (non-hydrogen) atoms. The second-order valence-electron chi connectivity index (χ2n) is 13.8. The van der Waals surface area contributed by atoms with Crippen LogP contribution in [-0.4, -0.2) is 67.4 Å². The maximum atomic E-state index is 13.3. The van der Waals surface area contributed by atoms with Gasteiger partial charge < -0.3 is 20.3 Å². The van der Waals surface area contributed by atoms with Crippen LogP contribution >= 0.6 is 0 Å². The van der Waals surface area contributed by atoms with Gasteiger partial charge in [-0.15, -0.1) is 5.54 Å². The first-order valence-electron chi connectivity index (χ1n) is 16.6. The number of nitrogens with zero attached hydrogens (tertiary/aromatic N) is 5. The van der Waals surface area contributed by atoms with Gasteiger partial charge in [-0.05, 0) is 59.8 Å². The summed E-state index contributed by atoms with van der Waals surface area (Å²) in [6.07, 6.45) is 5.97. The minimum Gasteiger partial charge on any atom is -0.378 e. The van der Waals surface area contributed by atoms with Gasteiger partial charge in [0.05, 0.1) is 24.1 Å².